The maximum atomic E-state index is 13.5. The van der Waals surface area contributed by atoms with Crippen molar-refractivity contribution in [3.8, 4) is 0 Å². The monoisotopic (exact) mass is 650 g/mol. The standard InChI is InChI=1S/C36H66N4O6/c1-11-45-31(43)19-17-29(41)39(27-23-33(3,4)37-34(5,6)24-27)21-15-13-14-16-22-40(30(42)18-20-32(44)46-12-2)28-25-35(7,8)38-36(9,10)26-28/h27-28,37-38H,11-26H2,1-10H3. The van der Waals surface area contributed by atoms with Gasteiger partial charge in [0, 0.05) is 60.2 Å². The molecule has 0 aromatic rings. The molecule has 0 bridgehead atoms. The lowest BCUT2D eigenvalue weighted by Gasteiger charge is -2.50. The van der Waals surface area contributed by atoms with Crippen LogP contribution in [0.3, 0.4) is 0 Å². The Hall–Kier alpha value is -2.20. The molecule has 0 radical (unpaired) electrons. The molecule has 0 unspecified atom stereocenters. The Morgan fingerprint density at radius 2 is 0.848 bits per heavy atom. The number of esters is 2. The molecule has 10 nitrogen and oxygen atoms in total. The molecule has 2 heterocycles. The Bertz CT molecular complexity index is 912. The Labute approximate surface area is 279 Å². The summed E-state index contributed by atoms with van der Waals surface area (Å²) in [5, 5.41) is 7.42. The highest BCUT2D eigenvalue weighted by atomic mass is 16.5. The molecule has 10 heteroatoms. The minimum absolute atomic E-state index is 0.0149. The van der Waals surface area contributed by atoms with Gasteiger partial charge in [-0.05, 0) is 108 Å². The first-order valence-corrected chi connectivity index (χ1v) is 17.8. The van der Waals surface area contributed by atoms with Crippen molar-refractivity contribution in [2.45, 2.75) is 181 Å². The molecule has 2 aliphatic rings. The van der Waals surface area contributed by atoms with Crippen LogP contribution in [0.1, 0.15) is 146 Å². The molecule has 0 aromatic heterocycles. The average molecular weight is 651 g/mol. The average Bonchev–Trinajstić information content (AvgIpc) is 2.88. The first-order chi connectivity index (χ1) is 21.3. The number of unbranched alkanes of at least 4 members (excludes halogenated alkanes) is 3. The van der Waals surface area contributed by atoms with Gasteiger partial charge in [-0.25, -0.2) is 0 Å². The zero-order valence-corrected chi connectivity index (χ0v) is 30.8. The molecule has 2 rings (SSSR count). The lowest BCUT2D eigenvalue weighted by atomic mass is 9.78. The molecule has 0 atom stereocenters. The predicted octanol–water partition coefficient (Wildman–Crippen LogP) is 5.51. The van der Waals surface area contributed by atoms with E-state index in [1.807, 2.05) is 9.80 Å². The number of hydrogen-bond acceptors (Lipinski definition) is 8. The van der Waals surface area contributed by atoms with E-state index >= 15 is 0 Å². The van der Waals surface area contributed by atoms with Crippen LogP contribution in [0.2, 0.25) is 0 Å². The van der Waals surface area contributed by atoms with Crippen LogP contribution in [0.25, 0.3) is 0 Å². The van der Waals surface area contributed by atoms with Gasteiger partial charge in [-0.2, -0.15) is 0 Å². The van der Waals surface area contributed by atoms with Crippen molar-refractivity contribution >= 4 is 23.8 Å². The number of carbonyl (C=O) groups is 4. The fourth-order valence-corrected chi connectivity index (χ4v) is 8.09. The first kappa shape index (κ1) is 40.0. The summed E-state index contributed by atoms with van der Waals surface area (Å²) >= 11 is 0. The van der Waals surface area contributed by atoms with Gasteiger partial charge < -0.3 is 29.9 Å². The summed E-state index contributed by atoms with van der Waals surface area (Å²) in [5.74, 6) is -0.630. The fourth-order valence-electron chi connectivity index (χ4n) is 8.09. The van der Waals surface area contributed by atoms with Crippen molar-refractivity contribution in [3.05, 3.63) is 0 Å². The highest BCUT2D eigenvalue weighted by Crippen LogP contribution is 2.34. The van der Waals surface area contributed by atoms with Crippen molar-refractivity contribution < 1.29 is 28.7 Å². The molecule has 2 saturated heterocycles. The Morgan fingerprint density at radius 3 is 1.13 bits per heavy atom. The van der Waals surface area contributed by atoms with Crippen LogP contribution in [-0.2, 0) is 28.7 Å². The van der Waals surface area contributed by atoms with E-state index in [9.17, 15) is 19.2 Å². The van der Waals surface area contributed by atoms with Gasteiger partial charge in [0.05, 0.1) is 26.1 Å². The van der Waals surface area contributed by atoms with Crippen LogP contribution in [0.5, 0.6) is 0 Å². The summed E-state index contributed by atoms with van der Waals surface area (Å²) in [6.45, 7) is 23.0. The van der Waals surface area contributed by atoms with Crippen LogP contribution >= 0.6 is 0 Å². The van der Waals surface area contributed by atoms with E-state index in [0.29, 0.717) is 26.3 Å². The van der Waals surface area contributed by atoms with Crippen molar-refractivity contribution in [2.24, 2.45) is 0 Å². The third-order valence-electron chi connectivity index (χ3n) is 9.10. The lowest BCUT2D eigenvalue weighted by molar-refractivity contribution is -0.146. The highest BCUT2D eigenvalue weighted by Gasteiger charge is 2.42. The van der Waals surface area contributed by atoms with Crippen LogP contribution in [0.4, 0.5) is 0 Å². The predicted molar refractivity (Wildman–Crippen MR) is 182 cm³/mol. The maximum Gasteiger partial charge on any atom is 0.306 e. The van der Waals surface area contributed by atoms with E-state index in [4.69, 9.17) is 9.47 Å². The van der Waals surface area contributed by atoms with Crippen molar-refractivity contribution in [1.82, 2.24) is 20.4 Å². The number of amides is 2. The number of nitrogens with one attached hydrogen (secondary N) is 2. The normalized spacial score (nSPS) is 20.5. The molecule has 2 aliphatic heterocycles. The Balaban J connectivity index is 2.04. The van der Waals surface area contributed by atoms with Gasteiger partial charge in [0.1, 0.15) is 0 Å². The second kappa shape index (κ2) is 17.3. The summed E-state index contributed by atoms with van der Waals surface area (Å²) < 4.78 is 10.2. The minimum Gasteiger partial charge on any atom is -0.466 e. The second-order valence-corrected chi connectivity index (χ2v) is 16.1. The third kappa shape index (κ3) is 13.9. The van der Waals surface area contributed by atoms with E-state index in [-0.39, 0.29) is 83.7 Å². The van der Waals surface area contributed by atoms with Crippen molar-refractivity contribution in [2.75, 3.05) is 26.3 Å². The molecule has 0 spiro atoms. The maximum absolute atomic E-state index is 13.5. The van der Waals surface area contributed by atoms with Crippen LogP contribution in [0, 0.1) is 0 Å². The zero-order valence-electron chi connectivity index (χ0n) is 30.8. The van der Waals surface area contributed by atoms with Crippen LogP contribution in [0.15, 0.2) is 0 Å². The van der Waals surface area contributed by atoms with Crippen LogP contribution in [-0.4, -0.2) is 94.1 Å². The number of rotatable bonds is 17. The molecule has 0 saturated carbocycles. The summed E-state index contributed by atoms with van der Waals surface area (Å²) in [6, 6.07) is 0.195. The van der Waals surface area contributed by atoms with Gasteiger partial charge >= 0.3 is 11.9 Å². The Kier molecular flexibility index (Phi) is 15.0. The third-order valence-corrected chi connectivity index (χ3v) is 9.10. The molecular weight excluding hydrogens is 584 g/mol. The van der Waals surface area contributed by atoms with E-state index in [1.165, 1.54) is 0 Å². The van der Waals surface area contributed by atoms with E-state index in [1.54, 1.807) is 13.8 Å². The second-order valence-electron chi connectivity index (χ2n) is 16.1. The number of carbonyl (C=O) groups excluding carboxylic acids is 4. The number of ether oxygens (including phenoxy) is 2. The van der Waals surface area contributed by atoms with Gasteiger partial charge in [-0.3, -0.25) is 19.2 Å². The van der Waals surface area contributed by atoms with E-state index < -0.39 is 0 Å². The van der Waals surface area contributed by atoms with Gasteiger partial charge in [0.25, 0.3) is 0 Å². The molecule has 2 amide bonds. The lowest BCUT2D eigenvalue weighted by Crippen LogP contribution is -2.63. The summed E-state index contributed by atoms with van der Waals surface area (Å²) in [4.78, 5) is 55.1. The first-order valence-electron chi connectivity index (χ1n) is 17.8. The molecule has 2 fully saturated rings. The molecule has 2 N–H and O–H groups in total. The summed E-state index contributed by atoms with van der Waals surface area (Å²) in [5.41, 5.74) is -0.416. The Morgan fingerprint density at radius 1 is 0.543 bits per heavy atom. The zero-order chi connectivity index (χ0) is 34.8. The quantitative estimate of drug-likeness (QED) is 0.156. The van der Waals surface area contributed by atoms with Gasteiger partial charge in [0.15, 0.2) is 0 Å². The number of hydrogen-bond donors (Lipinski definition) is 2. The van der Waals surface area contributed by atoms with Crippen molar-refractivity contribution in [1.29, 1.82) is 0 Å². The summed E-state index contributed by atoms with van der Waals surface area (Å²) in [6.07, 6.45) is 7.55. The SMILES string of the molecule is CCOC(=O)CCC(=O)N(CCCCCCN(C(=O)CCC(=O)OCC)C1CC(C)(C)NC(C)(C)C1)C1CC(C)(C)NC(C)(C)C1. The van der Waals surface area contributed by atoms with E-state index in [2.05, 4.69) is 66.0 Å². The molecule has 0 aromatic carbocycles. The van der Waals surface area contributed by atoms with Crippen molar-refractivity contribution in [3.63, 3.8) is 0 Å². The molecule has 46 heavy (non-hydrogen) atoms. The van der Waals surface area contributed by atoms with Gasteiger partial charge in [-0.15, -0.1) is 0 Å². The fraction of sp³-hybridized carbons (Fsp3) is 0.889. The molecular formula is C36H66N4O6. The molecule has 266 valence electrons. The van der Waals surface area contributed by atoms with Gasteiger partial charge in [0.2, 0.25) is 11.8 Å². The van der Waals surface area contributed by atoms with Crippen LogP contribution < -0.4 is 10.6 Å². The molecule has 0 aliphatic carbocycles. The smallest absolute Gasteiger partial charge is 0.306 e. The largest absolute Gasteiger partial charge is 0.466 e. The minimum atomic E-state index is -0.330. The van der Waals surface area contributed by atoms with Gasteiger partial charge in [-0.1, -0.05) is 12.8 Å². The van der Waals surface area contributed by atoms with E-state index in [0.717, 1.165) is 51.4 Å². The highest BCUT2D eigenvalue weighted by molar-refractivity contribution is 5.82. The summed E-state index contributed by atoms with van der Waals surface area (Å²) in [7, 11) is 0. The number of nitrogens with zero attached hydrogens (tertiary/aromatic N) is 2. The topological polar surface area (TPSA) is 117 Å². The number of piperidine rings is 2.